The SMILES string of the molecule is COc1ccc(CCNC(=O)c2ccccc2NC(=O)c2ccc(Cn3ccnc3)cc2)cc1OC. The fourth-order valence-corrected chi connectivity index (χ4v) is 3.79. The minimum absolute atomic E-state index is 0.262. The lowest BCUT2D eigenvalue weighted by atomic mass is 10.1. The standard InChI is InChI=1S/C28H28N4O4/c1-35-25-12-9-20(17-26(25)36-2)13-14-30-28(34)23-5-3-4-6-24(23)31-27(33)22-10-7-21(8-11-22)18-32-16-15-29-19-32/h3-12,15-17,19H,13-14,18H2,1-2H3,(H,30,34)(H,31,33). The molecular formula is C28H28N4O4. The van der Waals surface area contributed by atoms with Gasteiger partial charge in [-0.25, -0.2) is 4.98 Å². The van der Waals surface area contributed by atoms with Crippen LogP contribution in [0, 0.1) is 0 Å². The van der Waals surface area contributed by atoms with Gasteiger partial charge in [0.05, 0.1) is 31.8 Å². The number of carbonyl (C=O) groups excluding carboxylic acids is 2. The number of ether oxygens (including phenoxy) is 2. The summed E-state index contributed by atoms with van der Waals surface area (Å²) in [7, 11) is 3.18. The number of nitrogens with one attached hydrogen (secondary N) is 2. The van der Waals surface area contributed by atoms with Crippen LogP contribution in [0.1, 0.15) is 31.8 Å². The number of para-hydroxylation sites is 1. The van der Waals surface area contributed by atoms with Crippen LogP contribution < -0.4 is 20.1 Å². The van der Waals surface area contributed by atoms with E-state index in [1.54, 1.807) is 63.1 Å². The minimum atomic E-state index is -0.283. The third kappa shape index (κ3) is 6.09. The van der Waals surface area contributed by atoms with Gasteiger partial charge in [-0.3, -0.25) is 9.59 Å². The number of rotatable bonds is 10. The normalized spacial score (nSPS) is 10.5. The number of hydrogen-bond acceptors (Lipinski definition) is 5. The number of aromatic nitrogens is 2. The molecule has 8 nitrogen and oxygen atoms in total. The van der Waals surface area contributed by atoms with Gasteiger partial charge >= 0.3 is 0 Å². The van der Waals surface area contributed by atoms with Gasteiger partial charge in [-0.05, 0) is 53.9 Å². The Balaban J connectivity index is 1.36. The highest BCUT2D eigenvalue weighted by atomic mass is 16.5. The Morgan fingerprint density at radius 1 is 0.889 bits per heavy atom. The van der Waals surface area contributed by atoms with Crippen LogP contribution in [0.3, 0.4) is 0 Å². The summed E-state index contributed by atoms with van der Waals surface area (Å²) in [6.07, 6.45) is 5.98. The molecule has 4 rings (SSSR count). The zero-order valence-electron chi connectivity index (χ0n) is 20.2. The molecule has 1 heterocycles. The Morgan fingerprint density at radius 2 is 1.64 bits per heavy atom. The number of carbonyl (C=O) groups is 2. The molecule has 8 heteroatoms. The topological polar surface area (TPSA) is 94.5 Å². The summed E-state index contributed by atoms with van der Waals surface area (Å²) in [6, 6.07) is 20.0. The predicted octanol–water partition coefficient (Wildman–Crippen LogP) is 4.17. The monoisotopic (exact) mass is 484 g/mol. The number of nitrogens with zero attached hydrogens (tertiary/aromatic N) is 2. The molecule has 36 heavy (non-hydrogen) atoms. The second-order valence-corrected chi connectivity index (χ2v) is 8.13. The summed E-state index contributed by atoms with van der Waals surface area (Å²) in [5, 5.41) is 5.79. The molecule has 3 aromatic carbocycles. The van der Waals surface area contributed by atoms with Crippen molar-refractivity contribution in [1.29, 1.82) is 0 Å². The number of benzene rings is 3. The quantitative estimate of drug-likeness (QED) is 0.352. The van der Waals surface area contributed by atoms with E-state index >= 15 is 0 Å². The molecule has 4 aromatic rings. The maximum Gasteiger partial charge on any atom is 0.255 e. The van der Waals surface area contributed by atoms with Crippen molar-refractivity contribution in [2.45, 2.75) is 13.0 Å². The van der Waals surface area contributed by atoms with E-state index in [1.807, 2.05) is 41.1 Å². The second kappa shape index (κ2) is 11.7. The van der Waals surface area contributed by atoms with Crippen LogP contribution in [-0.4, -0.2) is 42.1 Å². The highest BCUT2D eigenvalue weighted by molar-refractivity contribution is 6.09. The van der Waals surface area contributed by atoms with Crippen LogP contribution in [0.15, 0.2) is 85.5 Å². The third-order valence-electron chi connectivity index (χ3n) is 5.71. The van der Waals surface area contributed by atoms with Crippen molar-refractivity contribution in [1.82, 2.24) is 14.9 Å². The number of hydrogen-bond donors (Lipinski definition) is 2. The van der Waals surface area contributed by atoms with E-state index < -0.39 is 0 Å². The van der Waals surface area contributed by atoms with Crippen molar-refractivity contribution in [2.75, 3.05) is 26.1 Å². The van der Waals surface area contributed by atoms with Gasteiger partial charge < -0.3 is 24.7 Å². The Kier molecular flexibility index (Phi) is 7.97. The molecule has 0 unspecified atom stereocenters. The van der Waals surface area contributed by atoms with Crippen molar-refractivity contribution in [2.24, 2.45) is 0 Å². The maximum atomic E-state index is 12.9. The van der Waals surface area contributed by atoms with E-state index in [0.29, 0.717) is 47.8 Å². The number of imidazole rings is 1. The molecule has 1 aromatic heterocycles. The molecule has 0 bridgehead atoms. The van der Waals surface area contributed by atoms with Gasteiger partial charge in [0.1, 0.15) is 0 Å². The van der Waals surface area contributed by atoms with Gasteiger partial charge in [0.15, 0.2) is 11.5 Å². The van der Waals surface area contributed by atoms with E-state index in [9.17, 15) is 9.59 Å². The third-order valence-corrected chi connectivity index (χ3v) is 5.71. The highest BCUT2D eigenvalue weighted by Crippen LogP contribution is 2.27. The maximum absolute atomic E-state index is 12.9. The number of methoxy groups -OCH3 is 2. The van der Waals surface area contributed by atoms with E-state index in [1.165, 1.54) is 0 Å². The molecule has 2 N–H and O–H groups in total. The first-order valence-corrected chi connectivity index (χ1v) is 11.5. The zero-order chi connectivity index (χ0) is 25.3. The molecule has 0 spiro atoms. The van der Waals surface area contributed by atoms with Crippen LogP contribution in [0.4, 0.5) is 5.69 Å². The van der Waals surface area contributed by atoms with Crippen molar-refractivity contribution < 1.29 is 19.1 Å². The summed E-state index contributed by atoms with van der Waals surface area (Å²) in [5.74, 6) is 0.753. The van der Waals surface area contributed by atoms with Crippen molar-refractivity contribution >= 4 is 17.5 Å². The first-order chi connectivity index (χ1) is 17.6. The van der Waals surface area contributed by atoms with E-state index in [2.05, 4.69) is 15.6 Å². The molecule has 0 aliphatic rings. The second-order valence-electron chi connectivity index (χ2n) is 8.13. The van der Waals surface area contributed by atoms with Gasteiger partial charge in [-0.2, -0.15) is 0 Å². The average Bonchev–Trinajstić information content (AvgIpc) is 3.42. The van der Waals surface area contributed by atoms with Crippen LogP contribution in [0.25, 0.3) is 0 Å². The van der Waals surface area contributed by atoms with Gasteiger partial charge in [-0.1, -0.05) is 30.3 Å². The largest absolute Gasteiger partial charge is 0.493 e. The Bertz CT molecular complexity index is 1320. The fraction of sp³-hybridized carbons (Fsp3) is 0.179. The summed E-state index contributed by atoms with van der Waals surface area (Å²) in [5.41, 5.74) is 3.42. The van der Waals surface area contributed by atoms with E-state index in [4.69, 9.17) is 9.47 Å². The predicted molar refractivity (Wildman–Crippen MR) is 138 cm³/mol. The lowest BCUT2D eigenvalue weighted by Crippen LogP contribution is -2.27. The zero-order valence-corrected chi connectivity index (χ0v) is 20.2. The Morgan fingerprint density at radius 3 is 2.36 bits per heavy atom. The molecule has 0 radical (unpaired) electrons. The van der Waals surface area contributed by atoms with Gasteiger partial charge in [0.2, 0.25) is 0 Å². The van der Waals surface area contributed by atoms with Gasteiger partial charge in [0, 0.05) is 31.0 Å². The fourth-order valence-electron chi connectivity index (χ4n) is 3.79. The van der Waals surface area contributed by atoms with Crippen LogP contribution >= 0.6 is 0 Å². The van der Waals surface area contributed by atoms with Gasteiger partial charge in [0.25, 0.3) is 11.8 Å². The molecule has 184 valence electrons. The average molecular weight is 485 g/mol. The number of amides is 2. The first-order valence-electron chi connectivity index (χ1n) is 11.5. The molecule has 0 fully saturated rings. The van der Waals surface area contributed by atoms with E-state index in [-0.39, 0.29) is 11.8 Å². The van der Waals surface area contributed by atoms with Crippen LogP contribution in [-0.2, 0) is 13.0 Å². The summed E-state index contributed by atoms with van der Waals surface area (Å²) in [4.78, 5) is 29.8. The van der Waals surface area contributed by atoms with Crippen LogP contribution in [0.2, 0.25) is 0 Å². The van der Waals surface area contributed by atoms with Crippen molar-refractivity contribution in [3.63, 3.8) is 0 Å². The highest BCUT2D eigenvalue weighted by Gasteiger charge is 2.14. The molecule has 0 saturated carbocycles. The molecule has 0 aliphatic heterocycles. The van der Waals surface area contributed by atoms with E-state index in [0.717, 1.165) is 11.1 Å². The smallest absolute Gasteiger partial charge is 0.255 e. The first kappa shape index (κ1) is 24.5. The van der Waals surface area contributed by atoms with Crippen molar-refractivity contribution in [3.05, 3.63) is 108 Å². The lowest BCUT2D eigenvalue weighted by molar-refractivity contribution is 0.0955. The Labute approximate surface area is 209 Å². The molecular weight excluding hydrogens is 456 g/mol. The lowest BCUT2D eigenvalue weighted by Gasteiger charge is -2.13. The van der Waals surface area contributed by atoms with Crippen molar-refractivity contribution in [3.8, 4) is 11.5 Å². The minimum Gasteiger partial charge on any atom is -0.493 e. The molecule has 2 amide bonds. The molecule has 0 atom stereocenters. The Hall–Kier alpha value is -4.59. The summed E-state index contributed by atoms with van der Waals surface area (Å²) < 4.78 is 12.6. The summed E-state index contributed by atoms with van der Waals surface area (Å²) in [6.45, 7) is 1.10. The number of anilines is 1. The van der Waals surface area contributed by atoms with Gasteiger partial charge in [-0.15, -0.1) is 0 Å². The molecule has 0 saturated heterocycles. The molecule has 0 aliphatic carbocycles. The summed E-state index contributed by atoms with van der Waals surface area (Å²) >= 11 is 0. The van der Waals surface area contributed by atoms with Crippen LogP contribution in [0.5, 0.6) is 11.5 Å².